The molecule has 46 heavy (non-hydrogen) atoms. The summed E-state index contributed by atoms with van der Waals surface area (Å²) in [6, 6.07) is 0. The summed E-state index contributed by atoms with van der Waals surface area (Å²) < 4.78 is 10.1. The van der Waals surface area contributed by atoms with Gasteiger partial charge in [-0.3, -0.25) is 0 Å². The third-order valence-corrected chi connectivity index (χ3v) is 8.58. The van der Waals surface area contributed by atoms with Gasteiger partial charge >= 0.3 is 11.9 Å². The van der Waals surface area contributed by atoms with Crippen molar-refractivity contribution in [2.75, 3.05) is 13.2 Å². The number of esters is 2. The van der Waals surface area contributed by atoms with Crippen LogP contribution < -0.4 is 0 Å². The van der Waals surface area contributed by atoms with Gasteiger partial charge in [-0.25, -0.2) is 9.59 Å². The molecule has 2 unspecified atom stereocenters. The van der Waals surface area contributed by atoms with Crippen LogP contribution in [0.4, 0.5) is 0 Å². The van der Waals surface area contributed by atoms with Gasteiger partial charge in [-0.15, -0.1) is 0 Å². The van der Waals surface area contributed by atoms with E-state index in [9.17, 15) is 19.8 Å². The van der Waals surface area contributed by atoms with Gasteiger partial charge < -0.3 is 19.7 Å². The Morgan fingerprint density at radius 3 is 0.935 bits per heavy atom. The van der Waals surface area contributed by atoms with Gasteiger partial charge in [0.05, 0.1) is 13.2 Å². The van der Waals surface area contributed by atoms with Crippen molar-refractivity contribution in [3.8, 4) is 0 Å². The van der Waals surface area contributed by atoms with Gasteiger partial charge in [0.2, 0.25) is 0 Å². The Labute approximate surface area is 284 Å². The maximum Gasteiger partial charge on any atom is 0.338 e. The summed E-state index contributed by atoms with van der Waals surface area (Å²) in [5, 5.41) is 20.0. The van der Waals surface area contributed by atoms with Crippen molar-refractivity contribution >= 4 is 11.9 Å². The van der Waals surface area contributed by atoms with E-state index in [-0.39, 0.29) is 13.2 Å². The van der Waals surface area contributed by atoms with Crippen LogP contribution in [0.15, 0.2) is 24.3 Å². The quantitative estimate of drug-likeness (QED) is 0.0403. The first-order valence-electron chi connectivity index (χ1n) is 19.5. The van der Waals surface area contributed by atoms with E-state index in [1.165, 1.54) is 116 Å². The smallest absolute Gasteiger partial charge is 0.338 e. The molecule has 0 aliphatic rings. The van der Waals surface area contributed by atoms with E-state index in [1.54, 1.807) is 0 Å². The highest BCUT2D eigenvalue weighted by Crippen LogP contribution is 2.12. The third-order valence-electron chi connectivity index (χ3n) is 8.58. The number of hydrogen-bond donors (Lipinski definition) is 2. The summed E-state index contributed by atoms with van der Waals surface area (Å²) in [6.07, 6.45) is 38.9. The molecular formula is C40H74O6. The average Bonchev–Trinajstić information content (AvgIpc) is 3.06. The van der Waals surface area contributed by atoms with Crippen LogP contribution in [0, 0.1) is 0 Å². The number of ether oxygens (including phenoxy) is 2. The summed E-state index contributed by atoms with van der Waals surface area (Å²) in [6.45, 7) is 4.86. The first kappa shape index (κ1) is 44.3. The van der Waals surface area contributed by atoms with Crippen LogP contribution in [0.5, 0.6) is 0 Å². The highest BCUT2D eigenvalue weighted by atomic mass is 16.6. The van der Waals surface area contributed by atoms with Crippen molar-refractivity contribution in [3.05, 3.63) is 24.3 Å². The van der Waals surface area contributed by atoms with Crippen molar-refractivity contribution in [1.82, 2.24) is 0 Å². The van der Waals surface area contributed by atoms with Crippen LogP contribution in [0.3, 0.4) is 0 Å². The van der Waals surface area contributed by atoms with Crippen molar-refractivity contribution in [2.45, 2.75) is 206 Å². The van der Waals surface area contributed by atoms with Gasteiger partial charge in [0.15, 0.2) is 12.2 Å². The molecule has 0 aromatic carbocycles. The zero-order valence-electron chi connectivity index (χ0n) is 30.2. The van der Waals surface area contributed by atoms with Gasteiger partial charge in [-0.2, -0.15) is 0 Å². The number of carbonyl (C=O) groups excluding carboxylic acids is 2. The van der Waals surface area contributed by atoms with Crippen molar-refractivity contribution in [3.63, 3.8) is 0 Å². The van der Waals surface area contributed by atoms with Gasteiger partial charge in [0.1, 0.15) is 0 Å². The molecule has 0 rings (SSSR count). The summed E-state index contributed by atoms with van der Waals surface area (Å²) in [5.41, 5.74) is 0. The summed E-state index contributed by atoms with van der Waals surface area (Å²) in [5.74, 6) is -1.95. The fourth-order valence-electron chi connectivity index (χ4n) is 5.47. The second-order valence-electron chi connectivity index (χ2n) is 13.1. The molecular weight excluding hydrogens is 576 g/mol. The molecule has 6 nitrogen and oxygen atoms in total. The second kappa shape index (κ2) is 36.2. The minimum Gasteiger partial charge on any atom is -0.464 e. The van der Waals surface area contributed by atoms with Gasteiger partial charge in [-0.1, -0.05) is 154 Å². The van der Waals surface area contributed by atoms with E-state index < -0.39 is 24.1 Å². The largest absolute Gasteiger partial charge is 0.464 e. The minimum atomic E-state index is -1.92. The zero-order valence-corrected chi connectivity index (χ0v) is 30.2. The Hall–Kier alpha value is -1.66. The van der Waals surface area contributed by atoms with E-state index in [0.29, 0.717) is 12.8 Å². The van der Waals surface area contributed by atoms with Gasteiger partial charge in [0, 0.05) is 0 Å². The fourth-order valence-corrected chi connectivity index (χ4v) is 5.47. The van der Waals surface area contributed by atoms with E-state index in [4.69, 9.17) is 9.47 Å². The monoisotopic (exact) mass is 651 g/mol. The summed E-state index contributed by atoms with van der Waals surface area (Å²) in [4.78, 5) is 24.1. The number of unbranched alkanes of at least 4 members (excludes halogenated alkanes) is 24. The molecule has 0 bridgehead atoms. The lowest BCUT2D eigenvalue weighted by atomic mass is 10.1. The highest BCUT2D eigenvalue weighted by molar-refractivity contribution is 5.85. The predicted octanol–water partition coefficient (Wildman–Crippen LogP) is 10.9. The molecule has 0 heterocycles. The first-order valence-corrected chi connectivity index (χ1v) is 19.5. The molecule has 6 heteroatoms. The molecule has 0 aromatic heterocycles. The molecule has 0 fully saturated rings. The molecule has 0 aliphatic carbocycles. The van der Waals surface area contributed by atoms with E-state index >= 15 is 0 Å². The zero-order chi connectivity index (χ0) is 33.8. The fraction of sp³-hybridized carbons (Fsp3) is 0.850. The van der Waals surface area contributed by atoms with Gasteiger partial charge in [-0.05, 0) is 64.2 Å². The normalized spacial score (nSPS) is 13.0. The Morgan fingerprint density at radius 1 is 0.413 bits per heavy atom. The highest BCUT2D eigenvalue weighted by Gasteiger charge is 2.32. The Kier molecular flexibility index (Phi) is 34.9. The first-order chi connectivity index (χ1) is 22.5. The molecule has 2 N–H and O–H groups in total. The molecule has 0 saturated heterocycles. The number of hydrogen-bond acceptors (Lipinski definition) is 6. The number of aliphatic hydroxyl groups excluding tert-OH is 2. The molecule has 0 saturated carbocycles. The molecule has 0 amide bonds. The van der Waals surface area contributed by atoms with E-state index in [2.05, 4.69) is 38.2 Å². The summed E-state index contributed by atoms with van der Waals surface area (Å²) in [7, 11) is 0. The van der Waals surface area contributed by atoms with E-state index in [1.807, 2.05) is 0 Å². The standard InChI is InChI=1S/C40H74O6/c1-3-5-7-9-11-13-15-17-19-21-23-25-27-29-31-33-35-45-39(43)37(41)38(42)40(44)46-36-34-32-30-28-26-24-22-20-18-16-14-12-10-8-6-4-2/h17-20,37-38,41-42H,3-16,21-36H2,1-2H3/b19-17-,20-18-. The van der Waals surface area contributed by atoms with Crippen molar-refractivity contribution in [1.29, 1.82) is 0 Å². The Balaban J connectivity index is 3.58. The Bertz CT molecular complexity index is 659. The number of carbonyl (C=O) groups is 2. The van der Waals surface area contributed by atoms with Crippen LogP contribution in [-0.2, 0) is 19.1 Å². The molecule has 0 spiro atoms. The number of rotatable bonds is 35. The molecule has 0 aliphatic heterocycles. The lowest BCUT2D eigenvalue weighted by Crippen LogP contribution is -2.41. The minimum absolute atomic E-state index is 0.175. The third kappa shape index (κ3) is 31.0. The van der Waals surface area contributed by atoms with Gasteiger partial charge in [0.25, 0.3) is 0 Å². The second-order valence-corrected chi connectivity index (χ2v) is 13.1. The molecule has 2 atom stereocenters. The van der Waals surface area contributed by atoms with Crippen molar-refractivity contribution in [2.24, 2.45) is 0 Å². The number of allylic oxidation sites excluding steroid dienone is 4. The SMILES string of the molecule is CCCCCCCC/C=C\CCCCCCCCOC(=O)C(O)C(O)C(=O)OCCCCCCCC/C=C\CCCCCCCC. The molecule has 0 radical (unpaired) electrons. The van der Waals surface area contributed by atoms with Crippen LogP contribution in [0.25, 0.3) is 0 Å². The predicted molar refractivity (Wildman–Crippen MR) is 193 cm³/mol. The lowest BCUT2D eigenvalue weighted by Gasteiger charge is -2.16. The van der Waals surface area contributed by atoms with Crippen LogP contribution in [-0.4, -0.2) is 47.6 Å². The topological polar surface area (TPSA) is 93.1 Å². The van der Waals surface area contributed by atoms with E-state index in [0.717, 1.165) is 51.4 Å². The summed E-state index contributed by atoms with van der Waals surface area (Å²) >= 11 is 0. The van der Waals surface area contributed by atoms with Crippen molar-refractivity contribution < 1.29 is 29.3 Å². The lowest BCUT2D eigenvalue weighted by molar-refractivity contribution is -0.173. The number of aliphatic hydroxyl groups is 2. The maximum absolute atomic E-state index is 12.0. The maximum atomic E-state index is 12.0. The molecule has 0 aromatic rings. The Morgan fingerprint density at radius 2 is 0.652 bits per heavy atom. The molecule has 270 valence electrons. The average molecular weight is 651 g/mol. The van der Waals surface area contributed by atoms with Crippen LogP contribution >= 0.6 is 0 Å². The van der Waals surface area contributed by atoms with Crippen LogP contribution in [0.1, 0.15) is 194 Å². The van der Waals surface area contributed by atoms with Crippen LogP contribution in [0.2, 0.25) is 0 Å².